The number of rotatable bonds is 12. The topological polar surface area (TPSA) is 105 Å². The van der Waals surface area contributed by atoms with Gasteiger partial charge in [-0.25, -0.2) is 14.4 Å². The molecule has 0 aliphatic rings. The maximum absolute atomic E-state index is 13.4. The Hall–Kier alpha value is -6.80. The van der Waals surface area contributed by atoms with Gasteiger partial charge in [0.05, 0.1) is 23.8 Å². The van der Waals surface area contributed by atoms with Crippen LogP contribution in [0.2, 0.25) is 0 Å². The molecule has 8 heteroatoms. The Balaban J connectivity index is 1.11. The summed E-state index contributed by atoms with van der Waals surface area (Å²) in [6.45, 7) is 18.0. The summed E-state index contributed by atoms with van der Waals surface area (Å²) in [6, 6.07) is 35.4. The largest absolute Gasteiger partial charge is 0.497 e. The molecular weight excluding hydrogens is 753 g/mol. The van der Waals surface area contributed by atoms with Gasteiger partial charge in [-0.3, -0.25) is 4.79 Å². The molecule has 0 atom stereocenters. The van der Waals surface area contributed by atoms with E-state index < -0.39 is 23.3 Å². The Labute approximate surface area is 352 Å². The van der Waals surface area contributed by atoms with Gasteiger partial charge in [0, 0.05) is 16.4 Å². The van der Waals surface area contributed by atoms with Crippen LogP contribution in [0.4, 0.5) is 0 Å². The van der Waals surface area contributed by atoms with E-state index in [1.165, 1.54) is 18.6 Å². The zero-order chi connectivity index (χ0) is 43.5. The number of methoxy groups -OCH3 is 1. The van der Waals surface area contributed by atoms with E-state index in [0.717, 1.165) is 44.7 Å². The molecule has 0 fully saturated rings. The van der Waals surface area contributed by atoms with Crippen LogP contribution in [0.5, 0.6) is 23.0 Å². The summed E-state index contributed by atoms with van der Waals surface area (Å²) < 4.78 is 22.6. The third-order valence-corrected chi connectivity index (χ3v) is 11.2. The maximum Gasteiger partial charge on any atom is 0.343 e. The van der Waals surface area contributed by atoms with Crippen LogP contribution in [0.1, 0.15) is 121 Å². The molecule has 0 N–H and O–H groups in total. The van der Waals surface area contributed by atoms with E-state index in [2.05, 4.69) is 40.7 Å². The lowest BCUT2D eigenvalue weighted by atomic mass is 9.74. The smallest absolute Gasteiger partial charge is 0.343 e. The Morgan fingerprint density at radius 2 is 0.717 bits per heavy atom. The molecule has 0 saturated heterocycles. The van der Waals surface area contributed by atoms with Gasteiger partial charge in [0.1, 0.15) is 23.0 Å². The van der Waals surface area contributed by atoms with Crippen LogP contribution in [0.3, 0.4) is 0 Å². The van der Waals surface area contributed by atoms with Crippen molar-refractivity contribution in [2.45, 2.75) is 73.1 Å². The second-order valence-corrected chi connectivity index (χ2v) is 16.2. The summed E-state index contributed by atoms with van der Waals surface area (Å²) in [4.78, 5) is 51.1. The number of esters is 3. The molecule has 0 aliphatic carbocycles. The van der Waals surface area contributed by atoms with Crippen LogP contribution < -0.4 is 18.9 Å². The first kappa shape index (κ1) is 42.8. The summed E-state index contributed by atoms with van der Waals surface area (Å²) in [7, 11) is 1.66. The predicted molar refractivity (Wildman–Crippen MR) is 233 cm³/mol. The number of carbonyl (C=O) groups is 4. The van der Waals surface area contributed by atoms with Gasteiger partial charge in [-0.2, -0.15) is 0 Å². The summed E-state index contributed by atoms with van der Waals surface area (Å²) >= 11 is 0. The van der Waals surface area contributed by atoms with Crippen LogP contribution in [-0.2, 0) is 10.8 Å². The van der Waals surface area contributed by atoms with Gasteiger partial charge in [-0.05, 0) is 158 Å². The molecule has 0 spiro atoms. The van der Waals surface area contributed by atoms with Crippen molar-refractivity contribution in [3.63, 3.8) is 0 Å². The van der Waals surface area contributed by atoms with Gasteiger partial charge in [0.2, 0.25) is 0 Å². The molecule has 306 valence electrons. The molecule has 8 nitrogen and oxygen atoms in total. The lowest BCUT2D eigenvalue weighted by molar-refractivity contribution is 0.0721. The monoisotopic (exact) mass is 802 g/mol. The summed E-state index contributed by atoms with van der Waals surface area (Å²) in [6.07, 6.45) is 0. The van der Waals surface area contributed by atoms with E-state index in [-0.39, 0.29) is 22.3 Å². The highest BCUT2D eigenvalue weighted by Gasteiger charge is 2.29. The Morgan fingerprint density at radius 3 is 1.05 bits per heavy atom. The van der Waals surface area contributed by atoms with Gasteiger partial charge in [0.25, 0.3) is 0 Å². The van der Waals surface area contributed by atoms with Crippen molar-refractivity contribution in [1.29, 1.82) is 0 Å². The van der Waals surface area contributed by atoms with Crippen LogP contribution in [0.15, 0.2) is 121 Å². The Bertz CT molecular complexity index is 2630. The van der Waals surface area contributed by atoms with Crippen molar-refractivity contribution < 1.29 is 38.1 Å². The Kier molecular flexibility index (Phi) is 12.3. The molecule has 0 unspecified atom stereocenters. The average Bonchev–Trinajstić information content (AvgIpc) is 3.20. The first-order valence-corrected chi connectivity index (χ1v) is 19.7. The standard InChI is InChI=1S/C52H50O8/c1-31-26-40(57-10)18-22-44(31)51(6,7)45-24-20-42(28-33(45)3)59-49(55)38-12-11-13-39(30-38)50(56)60-43-21-25-47(34(4)29-43)52(8,9)46-23-19-41(27-32(46)2)58-48(54)37-16-14-36(15-17-37)35(5)53/h11-30H,1-10H3. The molecule has 0 bridgehead atoms. The molecule has 0 aliphatic heterocycles. The fourth-order valence-corrected chi connectivity index (χ4v) is 8.07. The summed E-state index contributed by atoms with van der Waals surface area (Å²) in [5, 5.41) is 0. The van der Waals surface area contributed by atoms with Crippen LogP contribution in [-0.4, -0.2) is 30.8 Å². The SMILES string of the molecule is COc1ccc(C(C)(C)c2ccc(OC(=O)c3cccc(C(=O)Oc4ccc(C(C)(C)c5ccc(OC(=O)c6ccc(C(C)=O)cc6)cc5C)c(C)c4)c3)cc2C)c(C)c1. The maximum atomic E-state index is 13.4. The highest BCUT2D eigenvalue weighted by atomic mass is 16.5. The summed E-state index contributed by atoms with van der Waals surface area (Å²) in [5.41, 5.74) is 8.80. The van der Waals surface area contributed by atoms with Crippen molar-refractivity contribution in [1.82, 2.24) is 0 Å². The molecular formula is C52H50O8. The third kappa shape index (κ3) is 9.08. The number of hydrogen-bond donors (Lipinski definition) is 0. The number of benzene rings is 6. The number of ketones is 1. The van der Waals surface area contributed by atoms with E-state index in [1.807, 2.05) is 69.3 Å². The highest BCUT2D eigenvalue weighted by Crippen LogP contribution is 2.39. The predicted octanol–water partition coefficient (Wildman–Crippen LogP) is 11.4. The minimum Gasteiger partial charge on any atom is -0.497 e. The summed E-state index contributed by atoms with van der Waals surface area (Å²) in [5.74, 6) is 0.197. The van der Waals surface area contributed by atoms with Gasteiger partial charge >= 0.3 is 17.9 Å². The molecule has 6 rings (SSSR count). The molecule has 60 heavy (non-hydrogen) atoms. The second-order valence-electron chi connectivity index (χ2n) is 16.2. The van der Waals surface area contributed by atoms with Gasteiger partial charge < -0.3 is 18.9 Å². The van der Waals surface area contributed by atoms with Gasteiger partial charge in [-0.1, -0.05) is 70.2 Å². The number of carbonyl (C=O) groups excluding carboxylic acids is 4. The van der Waals surface area contributed by atoms with Crippen LogP contribution in [0.25, 0.3) is 0 Å². The minimum absolute atomic E-state index is 0.0770. The Morgan fingerprint density at radius 1 is 0.400 bits per heavy atom. The van der Waals surface area contributed by atoms with E-state index >= 15 is 0 Å². The van der Waals surface area contributed by atoms with Crippen molar-refractivity contribution in [3.8, 4) is 23.0 Å². The van der Waals surface area contributed by atoms with Crippen LogP contribution in [0, 0.1) is 27.7 Å². The van der Waals surface area contributed by atoms with Crippen molar-refractivity contribution in [2.24, 2.45) is 0 Å². The molecule has 0 saturated carbocycles. The number of Topliss-reactive ketones (excluding diaryl/α,β-unsaturated/α-hetero) is 1. The average molecular weight is 803 g/mol. The first-order chi connectivity index (χ1) is 28.4. The molecule has 0 amide bonds. The molecule has 0 radical (unpaired) electrons. The quantitative estimate of drug-likeness (QED) is 0.0684. The van der Waals surface area contributed by atoms with E-state index in [4.69, 9.17) is 18.9 Å². The zero-order valence-electron chi connectivity index (χ0n) is 35.8. The zero-order valence-corrected chi connectivity index (χ0v) is 35.8. The first-order valence-electron chi connectivity index (χ1n) is 19.7. The molecule has 6 aromatic rings. The fourth-order valence-electron chi connectivity index (χ4n) is 8.07. The van der Waals surface area contributed by atoms with E-state index in [1.54, 1.807) is 67.8 Å². The van der Waals surface area contributed by atoms with Crippen molar-refractivity contribution in [3.05, 3.63) is 188 Å². The lowest BCUT2D eigenvalue weighted by Crippen LogP contribution is -2.22. The van der Waals surface area contributed by atoms with Crippen molar-refractivity contribution in [2.75, 3.05) is 7.11 Å². The minimum atomic E-state index is -0.608. The molecule has 0 aromatic heterocycles. The lowest BCUT2D eigenvalue weighted by Gasteiger charge is -2.30. The van der Waals surface area contributed by atoms with Crippen LogP contribution >= 0.6 is 0 Å². The van der Waals surface area contributed by atoms with E-state index in [9.17, 15) is 19.2 Å². The number of aryl methyl sites for hydroxylation is 4. The second kappa shape index (κ2) is 17.2. The fraction of sp³-hybridized carbons (Fsp3) is 0.231. The number of ether oxygens (including phenoxy) is 4. The highest BCUT2D eigenvalue weighted by molar-refractivity contribution is 5.97. The normalized spacial score (nSPS) is 11.4. The van der Waals surface area contributed by atoms with Gasteiger partial charge in [0.15, 0.2) is 5.78 Å². The van der Waals surface area contributed by atoms with Gasteiger partial charge in [-0.15, -0.1) is 0 Å². The molecule has 0 heterocycles. The van der Waals surface area contributed by atoms with Crippen molar-refractivity contribution >= 4 is 23.7 Å². The number of hydrogen-bond acceptors (Lipinski definition) is 8. The molecule has 6 aromatic carbocycles. The van der Waals surface area contributed by atoms with E-state index in [0.29, 0.717) is 28.4 Å². The third-order valence-electron chi connectivity index (χ3n) is 11.2.